The zero-order chi connectivity index (χ0) is 18.9. The summed E-state index contributed by atoms with van der Waals surface area (Å²) in [4.78, 5) is 35.6. The number of hydrogen-bond donors (Lipinski definition) is 0. The summed E-state index contributed by atoms with van der Waals surface area (Å²) in [5.74, 6) is 0.564. The van der Waals surface area contributed by atoms with Crippen molar-refractivity contribution in [3.63, 3.8) is 0 Å². The Hall–Kier alpha value is -1.95. The van der Waals surface area contributed by atoms with Crippen LogP contribution in [-0.2, 0) is 16.1 Å². The zero-order valence-corrected chi connectivity index (χ0v) is 16.3. The van der Waals surface area contributed by atoms with Gasteiger partial charge in [-0.2, -0.15) is 0 Å². The fraction of sp³-hybridized carbons (Fsp3) is 0.667. The Morgan fingerprint density at radius 1 is 1.19 bits per heavy atom. The van der Waals surface area contributed by atoms with Crippen LogP contribution in [0.5, 0.6) is 0 Å². The zero-order valence-electron chi connectivity index (χ0n) is 16.3. The van der Waals surface area contributed by atoms with Gasteiger partial charge in [0.25, 0.3) is 0 Å². The maximum absolute atomic E-state index is 12.9. The van der Waals surface area contributed by atoms with Crippen LogP contribution in [0.4, 0.5) is 0 Å². The van der Waals surface area contributed by atoms with Crippen LogP contribution in [0.15, 0.2) is 24.5 Å². The summed E-state index contributed by atoms with van der Waals surface area (Å²) in [5.41, 5.74) is 1.31. The van der Waals surface area contributed by atoms with E-state index in [0.29, 0.717) is 18.9 Å². The molecule has 1 atom stereocenters. The van der Waals surface area contributed by atoms with Crippen molar-refractivity contribution >= 4 is 11.8 Å². The van der Waals surface area contributed by atoms with Crippen molar-refractivity contribution in [1.29, 1.82) is 0 Å². The van der Waals surface area contributed by atoms with Crippen molar-refractivity contribution in [3.8, 4) is 0 Å². The normalized spacial score (nSPS) is 26.0. The number of amides is 2. The molecule has 4 rings (SSSR count). The summed E-state index contributed by atoms with van der Waals surface area (Å²) in [6, 6.07) is 4.04. The van der Waals surface area contributed by atoms with Gasteiger partial charge in [-0.05, 0) is 68.8 Å². The molecule has 1 spiro atoms. The Bertz CT molecular complexity index is 685. The number of likely N-dealkylation sites (N-methyl/N-ethyl adjacent to an activating group) is 1. The number of nitrogens with zero attached hydrogens (tertiary/aromatic N) is 4. The van der Waals surface area contributed by atoms with Gasteiger partial charge in [0.1, 0.15) is 0 Å². The molecule has 0 bridgehead atoms. The van der Waals surface area contributed by atoms with Crippen molar-refractivity contribution in [2.24, 2.45) is 5.41 Å². The lowest BCUT2D eigenvalue weighted by Crippen LogP contribution is -2.54. The topological polar surface area (TPSA) is 56.8 Å². The van der Waals surface area contributed by atoms with E-state index in [-0.39, 0.29) is 17.4 Å². The van der Waals surface area contributed by atoms with E-state index in [9.17, 15) is 9.59 Å². The minimum atomic E-state index is 0.0789. The lowest BCUT2D eigenvalue weighted by Gasteiger charge is -2.48. The van der Waals surface area contributed by atoms with Crippen LogP contribution < -0.4 is 0 Å². The van der Waals surface area contributed by atoms with Gasteiger partial charge in [0.05, 0.1) is 6.04 Å². The van der Waals surface area contributed by atoms with Crippen molar-refractivity contribution in [1.82, 2.24) is 19.7 Å². The monoisotopic (exact) mass is 370 g/mol. The molecule has 0 aliphatic carbocycles. The molecule has 3 fully saturated rings. The predicted octanol–water partition coefficient (Wildman–Crippen LogP) is 1.91. The van der Waals surface area contributed by atoms with Crippen molar-refractivity contribution in [3.05, 3.63) is 30.1 Å². The van der Waals surface area contributed by atoms with Crippen LogP contribution in [-0.4, -0.2) is 70.8 Å². The van der Waals surface area contributed by atoms with Crippen LogP contribution in [0.3, 0.4) is 0 Å². The number of piperidine rings is 2. The molecule has 6 heteroatoms. The Morgan fingerprint density at radius 3 is 2.59 bits per heavy atom. The van der Waals surface area contributed by atoms with Crippen molar-refractivity contribution in [2.45, 2.75) is 51.1 Å². The number of carbonyl (C=O) groups excluding carboxylic acids is 2. The van der Waals surface area contributed by atoms with E-state index >= 15 is 0 Å². The lowest BCUT2D eigenvalue weighted by atomic mass is 9.72. The molecule has 3 aliphatic rings. The summed E-state index contributed by atoms with van der Waals surface area (Å²) in [6.45, 7) is 4.18. The molecule has 146 valence electrons. The van der Waals surface area contributed by atoms with Gasteiger partial charge in [-0.15, -0.1) is 0 Å². The maximum Gasteiger partial charge on any atom is 0.239 e. The molecule has 2 amide bonds. The summed E-state index contributed by atoms with van der Waals surface area (Å²) in [7, 11) is 2.06. The molecule has 3 saturated heterocycles. The van der Waals surface area contributed by atoms with E-state index in [1.807, 2.05) is 17.0 Å². The quantitative estimate of drug-likeness (QED) is 0.816. The highest BCUT2D eigenvalue weighted by molar-refractivity contribution is 5.82. The first-order valence-electron chi connectivity index (χ1n) is 10.2. The Kier molecular flexibility index (Phi) is 5.17. The van der Waals surface area contributed by atoms with E-state index in [0.717, 1.165) is 63.8 Å². The molecule has 4 heterocycles. The fourth-order valence-electron chi connectivity index (χ4n) is 5.00. The van der Waals surface area contributed by atoms with Crippen molar-refractivity contribution < 1.29 is 9.59 Å². The molecular formula is C21H30N4O2. The van der Waals surface area contributed by atoms with E-state index in [1.54, 1.807) is 12.4 Å². The molecule has 3 aliphatic heterocycles. The third-order valence-electron chi connectivity index (χ3n) is 6.81. The minimum Gasteiger partial charge on any atom is -0.341 e. The molecule has 1 aromatic rings. The third kappa shape index (κ3) is 3.86. The molecule has 1 aromatic heterocycles. The van der Waals surface area contributed by atoms with Gasteiger partial charge >= 0.3 is 0 Å². The first-order valence-corrected chi connectivity index (χ1v) is 10.2. The Labute approximate surface area is 161 Å². The largest absolute Gasteiger partial charge is 0.341 e. The lowest BCUT2D eigenvalue weighted by molar-refractivity contribution is -0.144. The first-order chi connectivity index (χ1) is 13.1. The molecule has 0 aromatic carbocycles. The van der Waals surface area contributed by atoms with Gasteiger partial charge in [-0.25, -0.2) is 0 Å². The maximum atomic E-state index is 12.9. The Balaban J connectivity index is 1.37. The SMILES string of the molecule is CN1CCC[C@H]1C(=O)N1CCC2(CCC(=O)N(Cc3ccncc3)C2)CC1. The number of hydrogen-bond acceptors (Lipinski definition) is 4. The summed E-state index contributed by atoms with van der Waals surface area (Å²) >= 11 is 0. The van der Waals surface area contributed by atoms with Gasteiger partial charge < -0.3 is 9.80 Å². The third-order valence-corrected chi connectivity index (χ3v) is 6.81. The summed E-state index contributed by atoms with van der Waals surface area (Å²) in [6.07, 6.45) is 9.29. The highest BCUT2D eigenvalue weighted by Gasteiger charge is 2.43. The van der Waals surface area contributed by atoms with Crippen LogP contribution in [0.2, 0.25) is 0 Å². The predicted molar refractivity (Wildman–Crippen MR) is 103 cm³/mol. The number of aromatic nitrogens is 1. The second-order valence-electron chi connectivity index (χ2n) is 8.57. The van der Waals surface area contributed by atoms with Gasteiger partial charge in [0.2, 0.25) is 11.8 Å². The van der Waals surface area contributed by atoms with Crippen LogP contribution in [0.1, 0.15) is 44.1 Å². The highest BCUT2D eigenvalue weighted by atomic mass is 16.2. The second kappa shape index (κ2) is 7.58. The molecule has 0 unspecified atom stereocenters. The number of carbonyl (C=O) groups is 2. The van der Waals surface area contributed by atoms with E-state index in [2.05, 4.69) is 21.8 Å². The Morgan fingerprint density at radius 2 is 1.93 bits per heavy atom. The average molecular weight is 370 g/mol. The molecule has 0 radical (unpaired) electrons. The molecule has 0 saturated carbocycles. The van der Waals surface area contributed by atoms with Gasteiger partial charge in [0, 0.05) is 45.0 Å². The standard InChI is InChI=1S/C21H30N4O2/c1-23-12-2-3-18(23)20(27)24-13-8-21(9-14-24)7-4-19(26)25(16-21)15-17-5-10-22-11-6-17/h5-6,10-11,18H,2-4,7-9,12-16H2,1H3/t18-/m0/s1. The minimum absolute atomic E-state index is 0.0789. The van der Waals surface area contributed by atoms with Crippen LogP contribution in [0, 0.1) is 5.41 Å². The van der Waals surface area contributed by atoms with Gasteiger partial charge in [0.15, 0.2) is 0 Å². The smallest absolute Gasteiger partial charge is 0.239 e. The van der Waals surface area contributed by atoms with Gasteiger partial charge in [-0.3, -0.25) is 19.5 Å². The van der Waals surface area contributed by atoms with E-state index < -0.39 is 0 Å². The van der Waals surface area contributed by atoms with Gasteiger partial charge in [-0.1, -0.05) is 0 Å². The number of likely N-dealkylation sites (tertiary alicyclic amines) is 3. The van der Waals surface area contributed by atoms with Crippen LogP contribution >= 0.6 is 0 Å². The molecule has 0 N–H and O–H groups in total. The fourth-order valence-corrected chi connectivity index (χ4v) is 5.00. The summed E-state index contributed by atoms with van der Waals surface area (Å²) < 4.78 is 0. The summed E-state index contributed by atoms with van der Waals surface area (Å²) in [5, 5.41) is 0. The van der Waals surface area contributed by atoms with Crippen molar-refractivity contribution in [2.75, 3.05) is 33.2 Å². The molecule has 27 heavy (non-hydrogen) atoms. The van der Waals surface area contributed by atoms with E-state index in [4.69, 9.17) is 0 Å². The highest BCUT2D eigenvalue weighted by Crippen LogP contribution is 2.41. The van der Waals surface area contributed by atoms with E-state index in [1.165, 1.54) is 0 Å². The molecular weight excluding hydrogens is 340 g/mol. The average Bonchev–Trinajstić information content (AvgIpc) is 3.12. The first kappa shape index (κ1) is 18.4. The molecule has 6 nitrogen and oxygen atoms in total. The second-order valence-corrected chi connectivity index (χ2v) is 8.57. The number of rotatable bonds is 3. The van der Waals surface area contributed by atoms with Crippen LogP contribution in [0.25, 0.3) is 0 Å². The number of pyridine rings is 1.